The number of fused-ring (bicyclic) bond motifs is 1. The number of imidazole rings is 1. The third-order valence-corrected chi connectivity index (χ3v) is 5.72. The predicted octanol–water partition coefficient (Wildman–Crippen LogP) is -0.769. The topological polar surface area (TPSA) is 212 Å². The zero-order valence-corrected chi connectivity index (χ0v) is 14.9. The summed E-state index contributed by atoms with van der Waals surface area (Å²) >= 11 is 0. The lowest BCUT2D eigenvalue weighted by molar-refractivity contribution is -0.0450. The number of aliphatic hydroxyl groups excluding tert-OH is 1. The number of phosphoric acid groups is 2. The van der Waals surface area contributed by atoms with Gasteiger partial charge in [0.05, 0.1) is 12.9 Å². The Morgan fingerprint density at radius 3 is 2.67 bits per heavy atom. The quantitative estimate of drug-likeness (QED) is 0.357. The lowest BCUT2D eigenvalue weighted by atomic mass is 10.1. The normalized spacial score (nSPS) is 28.5. The molecule has 1 saturated heterocycles. The maximum absolute atomic E-state index is 14.5. The molecule has 3 heterocycles. The number of phosphoric ester groups is 1. The number of nitrogens with zero attached hydrogens (tertiary/aromatic N) is 4. The van der Waals surface area contributed by atoms with E-state index in [1.807, 2.05) is 0 Å². The number of hydrogen-bond donors (Lipinski definition) is 5. The van der Waals surface area contributed by atoms with Gasteiger partial charge in [0.1, 0.15) is 24.1 Å². The molecule has 5 unspecified atom stereocenters. The first kappa shape index (κ1) is 20.2. The molecule has 0 spiro atoms. The van der Waals surface area contributed by atoms with Crippen molar-refractivity contribution in [3.8, 4) is 0 Å². The van der Waals surface area contributed by atoms with Crippen LogP contribution in [0.5, 0.6) is 0 Å². The van der Waals surface area contributed by atoms with Crippen LogP contribution in [-0.2, 0) is 22.7 Å². The molecule has 0 bridgehead atoms. The molecule has 6 N–H and O–H groups in total. The number of hydrogen-bond acceptors (Lipinski definition) is 10. The maximum Gasteiger partial charge on any atom is 0.481 e. The summed E-state index contributed by atoms with van der Waals surface area (Å²) in [4.78, 5) is 37.9. The van der Waals surface area contributed by atoms with Crippen molar-refractivity contribution in [2.75, 3.05) is 12.3 Å². The summed E-state index contributed by atoms with van der Waals surface area (Å²) in [5.41, 5.74) is 5.94. The Kier molecular flexibility index (Phi) is 5.33. The Hall–Kier alpha value is -1.54. The summed E-state index contributed by atoms with van der Waals surface area (Å²) in [5.74, 6) is 0.0448. The van der Waals surface area contributed by atoms with E-state index in [2.05, 4.69) is 23.8 Å². The molecule has 5 atom stereocenters. The number of aromatic nitrogens is 4. The second kappa shape index (κ2) is 7.13. The van der Waals surface area contributed by atoms with Gasteiger partial charge >= 0.3 is 15.6 Å². The summed E-state index contributed by atoms with van der Waals surface area (Å²) in [6.07, 6.45) is -4.39. The predicted molar refractivity (Wildman–Crippen MR) is 83.5 cm³/mol. The summed E-state index contributed by atoms with van der Waals surface area (Å²) in [5, 5.41) is 9.95. The van der Waals surface area contributed by atoms with Crippen LogP contribution in [0.3, 0.4) is 0 Å². The van der Waals surface area contributed by atoms with E-state index in [1.165, 1.54) is 0 Å². The molecule has 0 radical (unpaired) electrons. The number of anilines is 1. The van der Waals surface area contributed by atoms with Gasteiger partial charge < -0.3 is 30.3 Å². The first-order valence-corrected chi connectivity index (χ1v) is 10.2. The summed E-state index contributed by atoms with van der Waals surface area (Å²) in [7, 11) is -10.5. The first-order chi connectivity index (χ1) is 12.5. The zero-order valence-electron chi connectivity index (χ0n) is 13.1. The highest BCUT2D eigenvalue weighted by Gasteiger charge is 2.47. The fourth-order valence-electron chi connectivity index (χ4n) is 2.45. The average Bonchev–Trinajstić information content (AvgIpc) is 3.07. The number of nitrogen functional groups attached to an aromatic ring is 1. The van der Waals surface area contributed by atoms with Crippen LogP contribution in [0.15, 0.2) is 12.7 Å². The van der Waals surface area contributed by atoms with Gasteiger partial charge in [-0.25, -0.2) is 28.5 Å². The Labute approximate surface area is 149 Å². The highest BCUT2D eigenvalue weighted by Crippen LogP contribution is 2.57. The van der Waals surface area contributed by atoms with Crippen LogP contribution in [0.4, 0.5) is 10.2 Å². The van der Waals surface area contributed by atoms with Crippen molar-refractivity contribution in [1.29, 1.82) is 0 Å². The van der Waals surface area contributed by atoms with Crippen LogP contribution in [0.2, 0.25) is 0 Å². The van der Waals surface area contributed by atoms with Gasteiger partial charge in [0, 0.05) is 0 Å². The lowest BCUT2D eigenvalue weighted by Gasteiger charge is -2.17. The molecule has 0 amide bonds. The van der Waals surface area contributed by atoms with E-state index < -0.39 is 46.9 Å². The first-order valence-electron chi connectivity index (χ1n) is 7.13. The fourth-order valence-corrected chi connectivity index (χ4v) is 4.05. The Bertz CT molecular complexity index is 937. The van der Waals surface area contributed by atoms with Crippen molar-refractivity contribution in [2.45, 2.75) is 24.6 Å². The van der Waals surface area contributed by atoms with Gasteiger partial charge in [-0.15, -0.1) is 0 Å². The fraction of sp³-hybridized carbons (Fsp3) is 0.500. The third-order valence-electron chi connectivity index (χ3n) is 3.57. The average molecular weight is 429 g/mol. The van der Waals surface area contributed by atoms with Crippen molar-refractivity contribution in [3.05, 3.63) is 12.7 Å². The smallest absolute Gasteiger partial charge is 0.387 e. The summed E-state index contributed by atoms with van der Waals surface area (Å²) in [6.45, 7) is -0.893. The molecule has 14 nitrogen and oxygen atoms in total. The van der Waals surface area contributed by atoms with E-state index in [1.54, 1.807) is 0 Å². The van der Waals surface area contributed by atoms with Crippen LogP contribution < -0.4 is 5.73 Å². The molecule has 1 fully saturated rings. The van der Waals surface area contributed by atoms with Crippen LogP contribution in [-0.4, -0.2) is 64.3 Å². The Morgan fingerprint density at radius 1 is 1.30 bits per heavy atom. The van der Waals surface area contributed by atoms with Crippen LogP contribution in [0.1, 0.15) is 6.23 Å². The molecule has 1 aliphatic heterocycles. The molecule has 0 aliphatic carbocycles. The number of rotatable bonds is 6. The number of nitrogens with two attached hydrogens (primary N) is 1. The Balaban J connectivity index is 1.75. The standard InChI is InChI=1S/C10H14FN5O9P2/c11-5-7(17)4(1-23-27(21,22)25-26(18,19)20)24-10(5)16-3-15-6-8(12)13-2-14-9(6)16/h2-5,7,10,17H,1H2,(H,21,22)(H2,12,13,14)(H2,18,19,20). The molecule has 27 heavy (non-hydrogen) atoms. The van der Waals surface area contributed by atoms with Crippen LogP contribution in [0, 0.1) is 0 Å². The van der Waals surface area contributed by atoms with Crippen molar-refractivity contribution < 1.29 is 46.9 Å². The molecule has 3 rings (SSSR count). The zero-order chi connectivity index (χ0) is 20.0. The van der Waals surface area contributed by atoms with E-state index in [0.29, 0.717) is 0 Å². The molecule has 150 valence electrons. The molecule has 0 saturated carbocycles. The minimum Gasteiger partial charge on any atom is -0.387 e. The minimum atomic E-state index is -5.31. The molecule has 2 aromatic rings. The lowest BCUT2D eigenvalue weighted by Crippen LogP contribution is -2.31. The molecular formula is C10H14FN5O9P2. The van der Waals surface area contributed by atoms with Gasteiger partial charge in [-0.2, -0.15) is 4.31 Å². The summed E-state index contributed by atoms with van der Waals surface area (Å²) in [6, 6.07) is 0. The molecule has 0 aromatic carbocycles. The van der Waals surface area contributed by atoms with Gasteiger partial charge in [-0.05, 0) is 0 Å². The highest BCUT2D eigenvalue weighted by atomic mass is 31.3. The number of alkyl halides is 1. The number of aliphatic hydroxyl groups is 1. The number of halogens is 1. The second-order valence-corrected chi connectivity index (χ2v) is 8.25. The maximum atomic E-state index is 14.5. The van der Waals surface area contributed by atoms with Crippen molar-refractivity contribution in [2.24, 2.45) is 0 Å². The summed E-state index contributed by atoms with van der Waals surface area (Å²) < 4.78 is 50.9. The highest BCUT2D eigenvalue weighted by molar-refractivity contribution is 7.60. The van der Waals surface area contributed by atoms with Gasteiger partial charge in [0.25, 0.3) is 0 Å². The third kappa shape index (κ3) is 4.32. The van der Waals surface area contributed by atoms with Gasteiger partial charge in [0.15, 0.2) is 23.9 Å². The molecule has 2 aromatic heterocycles. The van der Waals surface area contributed by atoms with Crippen LogP contribution in [0.25, 0.3) is 11.2 Å². The van der Waals surface area contributed by atoms with Gasteiger partial charge in [-0.3, -0.25) is 9.09 Å². The monoisotopic (exact) mass is 429 g/mol. The molecule has 17 heteroatoms. The molecular weight excluding hydrogens is 415 g/mol. The number of ether oxygens (including phenoxy) is 1. The van der Waals surface area contributed by atoms with E-state index in [9.17, 15) is 23.5 Å². The SMILES string of the molecule is Nc1ncnc2c1ncn2C1OC(COP(=O)(O)OP(=O)(O)O)C(O)C1F. The minimum absolute atomic E-state index is 0.0448. The van der Waals surface area contributed by atoms with Crippen molar-refractivity contribution in [3.63, 3.8) is 0 Å². The molecule has 1 aliphatic rings. The van der Waals surface area contributed by atoms with Crippen molar-refractivity contribution in [1.82, 2.24) is 19.5 Å². The van der Waals surface area contributed by atoms with E-state index in [-0.39, 0.29) is 17.0 Å². The Morgan fingerprint density at radius 2 is 2.00 bits per heavy atom. The van der Waals surface area contributed by atoms with E-state index in [0.717, 1.165) is 17.2 Å². The van der Waals surface area contributed by atoms with E-state index in [4.69, 9.17) is 20.3 Å². The van der Waals surface area contributed by atoms with Gasteiger partial charge in [0.2, 0.25) is 0 Å². The van der Waals surface area contributed by atoms with Gasteiger partial charge in [-0.1, -0.05) is 0 Å². The second-order valence-electron chi connectivity index (χ2n) is 5.42. The van der Waals surface area contributed by atoms with Crippen molar-refractivity contribution >= 4 is 32.6 Å². The van der Waals surface area contributed by atoms with Crippen LogP contribution >= 0.6 is 15.6 Å². The largest absolute Gasteiger partial charge is 0.481 e. The van der Waals surface area contributed by atoms with E-state index >= 15 is 0 Å².